The molecular weight excluding hydrogens is 1850 g/mol. The van der Waals surface area contributed by atoms with Crippen molar-refractivity contribution in [2.24, 2.45) is 46.2 Å². The number of carbonyl (C=O) groups is 22. The summed E-state index contributed by atoms with van der Waals surface area (Å²) in [6.45, 7) is 6.62. The van der Waals surface area contributed by atoms with Crippen LogP contribution in [0.3, 0.4) is 0 Å². The van der Waals surface area contributed by atoms with Crippen molar-refractivity contribution in [2.45, 2.75) is 248 Å². The normalized spacial score (nSPS) is 15.3. The molecular formula is C90H132N26O25. The van der Waals surface area contributed by atoms with Crippen LogP contribution in [0.1, 0.15) is 149 Å². The Hall–Kier alpha value is -15.3. The van der Waals surface area contributed by atoms with E-state index in [4.69, 9.17) is 39.8 Å². The van der Waals surface area contributed by atoms with Crippen molar-refractivity contribution in [1.29, 1.82) is 5.41 Å². The van der Waals surface area contributed by atoms with Crippen molar-refractivity contribution in [1.82, 2.24) is 100 Å². The van der Waals surface area contributed by atoms with E-state index in [0.717, 1.165) is 4.90 Å². The number of nitrogens with zero attached hydrogens (tertiary/aromatic N) is 1. The van der Waals surface area contributed by atoms with E-state index in [0.29, 0.717) is 27.6 Å². The highest BCUT2D eigenvalue weighted by Gasteiger charge is 2.42. The largest absolute Gasteiger partial charge is 0.481 e. The molecule has 3 aromatic carbocycles. The van der Waals surface area contributed by atoms with Gasteiger partial charge in [0.15, 0.2) is 5.96 Å². The van der Waals surface area contributed by atoms with Crippen molar-refractivity contribution >= 4 is 147 Å². The highest BCUT2D eigenvalue weighted by Crippen LogP contribution is 2.23. The van der Waals surface area contributed by atoms with Gasteiger partial charge >= 0.3 is 5.97 Å². The first-order valence-electron chi connectivity index (χ1n) is 45.7. The number of hydrogen-bond acceptors (Lipinski definition) is 26. The SMILES string of the molecule is CC(C)C[C@H](NC(=O)CNC(=O)[C@H](CCC(=O)O)NC(=O)CNC(=O)[C@H](C)N)C(=O)N[C@@H](CC(N)=O)C(=O)N[C@@H](CO)C(=O)N[C@@H](CCC(N)=O)C(=O)N[C@@H](Cc1ccccc1)C(=O)N[C@@H](Cc1c[nH]c2ccccc12)C(=O)N[C@@H](CO)C(=O)N[C@@H](CC(C)C)C(=O)N[C@@H](C)C(=O)N[C@H](C)C(=O)N1CCC[C@H]1C(=O)N[C@@H](CCC(N)=O)C(=O)N[C@@H](CCCNC(=N)N)C(=O)N[C@@H](Cc1ccccc1)C(N)=O. The van der Waals surface area contributed by atoms with Gasteiger partial charge in [0.2, 0.25) is 124 Å². The molecule has 34 N–H and O–H groups in total. The van der Waals surface area contributed by atoms with Gasteiger partial charge in [-0.25, -0.2) is 0 Å². The number of para-hydroxylation sites is 1. The monoisotopic (exact) mass is 1980 g/mol. The summed E-state index contributed by atoms with van der Waals surface area (Å²) in [4.78, 5) is 303. The van der Waals surface area contributed by atoms with Crippen molar-refractivity contribution in [3.05, 3.63) is 108 Å². The van der Waals surface area contributed by atoms with E-state index < -0.39 is 297 Å². The first kappa shape index (κ1) is 116. The summed E-state index contributed by atoms with van der Waals surface area (Å²) in [7, 11) is 0. The number of rotatable bonds is 61. The molecule has 51 heteroatoms. The predicted octanol–water partition coefficient (Wildman–Crippen LogP) is -9.31. The highest BCUT2D eigenvalue weighted by molar-refractivity contribution is 6.03. The number of aliphatic carboxylic acids is 1. The van der Waals surface area contributed by atoms with Crippen LogP contribution in [0.5, 0.6) is 0 Å². The Morgan fingerprint density at radius 1 is 0.411 bits per heavy atom. The number of carboxylic acids is 1. The van der Waals surface area contributed by atoms with Gasteiger partial charge in [0.25, 0.3) is 0 Å². The summed E-state index contributed by atoms with van der Waals surface area (Å²) in [5.74, 6) is -24.0. The summed E-state index contributed by atoms with van der Waals surface area (Å²) < 4.78 is 0. The molecule has 1 aromatic heterocycles. The lowest BCUT2D eigenvalue weighted by Crippen LogP contribution is -2.62. The third-order valence-corrected chi connectivity index (χ3v) is 22.1. The number of aromatic amines is 1. The zero-order valence-electron chi connectivity index (χ0n) is 79.3. The molecule has 0 bridgehead atoms. The van der Waals surface area contributed by atoms with Crippen LogP contribution in [0.25, 0.3) is 10.9 Å². The predicted molar refractivity (Wildman–Crippen MR) is 504 cm³/mol. The maximum absolute atomic E-state index is 15.1. The molecule has 2 heterocycles. The van der Waals surface area contributed by atoms with Gasteiger partial charge in [-0.2, -0.15) is 0 Å². The lowest BCUT2D eigenvalue weighted by molar-refractivity contribution is -0.142. The Labute approximate surface area is 811 Å². The average Bonchev–Trinajstić information content (AvgIpc) is 1.66. The van der Waals surface area contributed by atoms with Gasteiger partial charge in [-0.05, 0) is 113 Å². The average molecular weight is 1980 g/mol. The number of likely N-dealkylation sites (tertiary alicyclic amines) is 1. The van der Waals surface area contributed by atoms with Gasteiger partial charge in [0, 0.05) is 68.7 Å². The Kier molecular flexibility index (Phi) is 48.1. The van der Waals surface area contributed by atoms with E-state index >= 15 is 4.79 Å². The number of aromatic nitrogens is 1. The number of nitrogens with one attached hydrogen (secondary N) is 19. The number of aliphatic hydroxyl groups excluding tert-OH is 2. The quantitative estimate of drug-likeness (QED) is 0.0111. The fourth-order valence-electron chi connectivity index (χ4n) is 14.7. The Bertz CT molecular complexity index is 5080. The number of amides is 21. The second-order valence-corrected chi connectivity index (χ2v) is 34.8. The first-order chi connectivity index (χ1) is 66.6. The smallest absolute Gasteiger partial charge is 0.303 e. The minimum Gasteiger partial charge on any atom is -0.481 e. The number of H-pyrrole nitrogens is 1. The van der Waals surface area contributed by atoms with Crippen molar-refractivity contribution in [2.75, 3.05) is 39.4 Å². The molecule has 0 unspecified atom stereocenters. The fraction of sp³-hybridized carbons (Fsp3) is 0.522. The fourth-order valence-corrected chi connectivity index (χ4v) is 14.7. The maximum Gasteiger partial charge on any atom is 0.303 e. The maximum atomic E-state index is 15.1. The number of hydrogen-bond donors (Lipinski definition) is 28. The minimum atomic E-state index is -2.07. The summed E-state index contributed by atoms with van der Waals surface area (Å²) in [6, 6.07) is -1.91. The van der Waals surface area contributed by atoms with E-state index in [1.165, 1.54) is 27.0 Å². The second kappa shape index (κ2) is 58.4. The topological polar surface area (TPSA) is 840 Å². The zero-order valence-corrected chi connectivity index (χ0v) is 79.3. The molecule has 141 heavy (non-hydrogen) atoms. The second-order valence-electron chi connectivity index (χ2n) is 34.8. The number of carbonyl (C=O) groups excluding carboxylic acids is 21. The number of primary amides is 4. The van der Waals surface area contributed by atoms with Crippen LogP contribution in [0.2, 0.25) is 0 Å². The van der Waals surface area contributed by atoms with Crippen LogP contribution in [0.15, 0.2) is 91.1 Å². The summed E-state index contributed by atoms with van der Waals surface area (Å²) >= 11 is 0. The van der Waals surface area contributed by atoms with E-state index in [2.05, 4.69) is 95.4 Å². The molecule has 0 radical (unpaired) electrons. The molecule has 51 nitrogen and oxygen atoms in total. The van der Waals surface area contributed by atoms with Gasteiger partial charge in [0.05, 0.1) is 38.8 Å². The molecule has 1 fully saturated rings. The highest BCUT2D eigenvalue weighted by atomic mass is 16.4. The molecule has 772 valence electrons. The molecule has 1 aliphatic heterocycles. The zero-order chi connectivity index (χ0) is 105. The van der Waals surface area contributed by atoms with E-state index in [9.17, 15) is 116 Å². The van der Waals surface area contributed by atoms with E-state index in [1.807, 2.05) is 0 Å². The van der Waals surface area contributed by atoms with Crippen molar-refractivity contribution in [3.8, 4) is 0 Å². The summed E-state index contributed by atoms with van der Waals surface area (Å²) in [6.07, 6.45) is -3.38. The van der Waals surface area contributed by atoms with Gasteiger partial charge in [-0.3, -0.25) is 111 Å². The molecule has 0 saturated carbocycles. The molecule has 1 aliphatic rings. The molecule has 1 saturated heterocycles. The van der Waals surface area contributed by atoms with Gasteiger partial charge in [0.1, 0.15) is 90.6 Å². The summed E-state index contributed by atoms with van der Waals surface area (Å²) in [5, 5.41) is 80.1. The standard InChI is InChI=1S/C90H132N26O25/c1-45(2)34-60(105-72(123)42-101-77(129)56(28-31-73(124)125)104-71(122)41-100-75(127)47(5)91)82(134)113-64(39-70(94)121)85(137)115-65(43-117)86(138)107-57(26-29-68(92)119)80(132)111-62(37-51-20-12-9-13-21-51)83(135)112-63(38-52-40-99-54-23-15-14-22-53(52)54)84(136)114-66(44-118)87(139)110-61(35-46(3)4)81(133)102-48(6)76(128)103-49(7)89(141)116-33-17-25-67(116)88(140)108-58(27-30-69(93)120)79(131)106-55(24-16-32-98-90(96)97)78(130)109-59(74(95)126)36-50-18-10-8-11-19-50/h8-15,18-23,40,45-49,55-67,99,117-118H,16-17,24-39,41-44,91H2,1-7H3,(H2,92,119)(H2,93,120)(H2,94,121)(H2,95,126)(H,100,127)(H,101,129)(H,102,133)(H,103,128)(H,104,122)(H,105,123)(H,106,131)(H,107,138)(H,108,140)(H,109,130)(H,110,139)(H,111,132)(H,112,135)(H,113,134)(H,114,136)(H,115,137)(H,124,125)(H4,96,97,98)/t47-,48-,49+,55-,56-,57-,58-,59-,60-,61-,62-,63-,64-,65-,66-,67-/m0/s1. The molecule has 4 aromatic rings. The molecule has 0 aliphatic carbocycles. The number of aliphatic hydroxyl groups is 2. The minimum absolute atomic E-state index is 0.0139. The van der Waals surface area contributed by atoms with Crippen LogP contribution in [0.4, 0.5) is 0 Å². The number of nitrogens with two attached hydrogens (primary N) is 6. The van der Waals surface area contributed by atoms with Crippen LogP contribution in [-0.2, 0) is 125 Å². The Balaban J connectivity index is 1.31. The van der Waals surface area contributed by atoms with E-state index in [-0.39, 0.29) is 89.2 Å². The van der Waals surface area contributed by atoms with Gasteiger partial charge < -0.3 is 150 Å². The number of carboxylic acid groups (broad SMARTS) is 1. The Morgan fingerprint density at radius 3 is 1.30 bits per heavy atom. The third-order valence-electron chi connectivity index (χ3n) is 22.1. The lowest BCUT2D eigenvalue weighted by Gasteiger charge is -2.30. The number of benzene rings is 3. The molecule has 16 atom stereocenters. The van der Waals surface area contributed by atoms with Gasteiger partial charge in [-0.15, -0.1) is 0 Å². The van der Waals surface area contributed by atoms with Crippen molar-refractivity contribution in [3.63, 3.8) is 0 Å². The first-order valence-corrected chi connectivity index (χ1v) is 45.7. The Morgan fingerprint density at radius 2 is 0.809 bits per heavy atom. The van der Waals surface area contributed by atoms with Crippen LogP contribution >= 0.6 is 0 Å². The molecule has 21 amide bonds. The molecule has 0 spiro atoms. The van der Waals surface area contributed by atoms with Gasteiger partial charge in [-0.1, -0.05) is 107 Å². The van der Waals surface area contributed by atoms with Crippen molar-refractivity contribution < 1.29 is 121 Å². The van der Waals surface area contributed by atoms with Crippen LogP contribution < -0.4 is 125 Å². The van der Waals surface area contributed by atoms with Crippen LogP contribution in [0, 0.1) is 17.2 Å². The third kappa shape index (κ3) is 40.7. The lowest BCUT2D eigenvalue weighted by atomic mass is 10.0. The summed E-state index contributed by atoms with van der Waals surface area (Å²) in [5.41, 5.74) is 35.1. The number of fused-ring (bicyclic) bond motifs is 1. The number of guanidine groups is 1. The van der Waals surface area contributed by atoms with E-state index in [1.54, 1.807) is 113 Å². The molecule has 5 rings (SSSR count). The van der Waals surface area contributed by atoms with Crippen LogP contribution in [-0.4, -0.2) is 297 Å².